The number of hydrogen-bond acceptors (Lipinski definition) is 7. The van der Waals surface area contributed by atoms with Gasteiger partial charge in [-0.1, -0.05) is 30.3 Å². The molecule has 1 aliphatic rings. The highest BCUT2D eigenvalue weighted by molar-refractivity contribution is 6.04. The number of ether oxygens (including phenoxy) is 3. The third-order valence-corrected chi connectivity index (χ3v) is 5.34. The predicted octanol–water partition coefficient (Wildman–Crippen LogP) is 4.20. The third-order valence-electron chi connectivity index (χ3n) is 5.34. The van der Waals surface area contributed by atoms with Crippen LogP contribution in [0.5, 0.6) is 11.5 Å². The van der Waals surface area contributed by atoms with Crippen LogP contribution in [0.4, 0.5) is 5.69 Å². The Labute approximate surface area is 195 Å². The number of aromatic nitrogens is 3. The molecule has 4 aromatic rings. The second kappa shape index (κ2) is 8.86. The van der Waals surface area contributed by atoms with Crippen LogP contribution >= 0.6 is 0 Å². The standard InChI is InChI=1S/C25H22N4O5/c1-15(2)29-24-19(12-26-29)18(11-20(28-24)16-6-4-3-5-7-16)25(31)32-13-23(30)27-17-8-9-21-22(10-17)34-14-33-21/h3-12,15H,13-14H2,1-2H3,(H,27,30). The van der Waals surface area contributed by atoms with E-state index in [1.54, 1.807) is 35.1 Å². The van der Waals surface area contributed by atoms with Crippen LogP contribution in [0, 0.1) is 0 Å². The Bertz CT molecular complexity index is 1380. The molecule has 0 atom stereocenters. The second-order valence-electron chi connectivity index (χ2n) is 8.03. The molecular formula is C25H22N4O5. The molecule has 0 spiro atoms. The molecule has 3 heterocycles. The summed E-state index contributed by atoms with van der Waals surface area (Å²) in [6.07, 6.45) is 1.60. The zero-order valence-corrected chi connectivity index (χ0v) is 18.6. The number of hydrogen-bond donors (Lipinski definition) is 1. The van der Waals surface area contributed by atoms with Crippen molar-refractivity contribution < 1.29 is 23.8 Å². The number of carbonyl (C=O) groups is 2. The summed E-state index contributed by atoms with van der Waals surface area (Å²) in [7, 11) is 0. The van der Waals surface area contributed by atoms with E-state index in [-0.39, 0.29) is 12.8 Å². The Morgan fingerprint density at radius 3 is 2.68 bits per heavy atom. The molecule has 1 N–H and O–H groups in total. The van der Waals surface area contributed by atoms with Crippen LogP contribution in [0.15, 0.2) is 60.8 Å². The predicted molar refractivity (Wildman–Crippen MR) is 125 cm³/mol. The Morgan fingerprint density at radius 2 is 1.88 bits per heavy atom. The average molecular weight is 458 g/mol. The number of fused-ring (bicyclic) bond motifs is 2. The van der Waals surface area contributed by atoms with E-state index in [4.69, 9.17) is 19.2 Å². The number of rotatable bonds is 6. The summed E-state index contributed by atoms with van der Waals surface area (Å²) in [6, 6.07) is 16.3. The Balaban J connectivity index is 1.37. The molecule has 9 heteroatoms. The summed E-state index contributed by atoms with van der Waals surface area (Å²) >= 11 is 0. The van der Waals surface area contributed by atoms with Crippen molar-refractivity contribution >= 4 is 28.6 Å². The normalized spacial score (nSPS) is 12.2. The molecule has 172 valence electrons. The first-order valence-electron chi connectivity index (χ1n) is 10.8. The summed E-state index contributed by atoms with van der Waals surface area (Å²) < 4.78 is 17.7. The van der Waals surface area contributed by atoms with Gasteiger partial charge in [0.25, 0.3) is 5.91 Å². The minimum Gasteiger partial charge on any atom is -0.454 e. The highest BCUT2D eigenvalue weighted by Crippen LogP contribution is 2.34. The van der Waals surface area contributed by atoms with Crippen LogP contribution in [0.3, 0.4) is 0 Å². The highest BCUT2D eigenvalue weighted by atomic mass is 16.7. The minimum atomic E-state index is -0.631. The Hall–Kier alpha value is -4.40. The van der Waals surface area contributed by atoms with Gasteiger partial charge in [0, 0.05) is 23.4 Å². The summed E-state index contributed by atoms with van der Waals surface area (Å²) in [5, 5.41) is 7.65. The lowest BCUT2D eigenvalue weighted by molar-refractivity contribution is -0.119. The van der Waals surface area contributed by atoms with Gasteiger partial charge >= 0.3 is 5.97 Å². The van der Waals surface area contributed by atoms with Crippen LogP contribution in [0.25, 0.3) is 22.3 Å². The van der Waals surface area contributed by atoms with Gasteiger partial charge in [0.15, 0.2) is 23.8 Å². The molecule has 34 heavy (non-hydrogen) atoms. The second-order valence-corrected chi connectivity index (χ2v) is 8.03. The monoisotopic (exact) mass is 458 g/mol. The van der Waals surface area contributed by atoms with Crippen molar-refractivity contribution in [1.82, 2.24) is 14.8 Å². The van der Waals surface area contributed by atoms with Gasteiger partial charge in [-0.25, -0.2) is 14.5 Å². The van der Waals surface area contributed by atoms with Crippen molar-refractivity contribution in [2.24, 2.45) is 0 Å². The Morgan fingerprint density at radius 1 is 1.09 bits per heavy atom. The zero-order valence-electron chi connectivity index (χ0n) is 18.6. The fourth-order valence-corrected chi connectivity index (χ4v) is 3.70. The molecule has 0 aliphatic carbocycles. The molecule has 1 amide bonds. The van der Waals surface area contributed by atoms with E-state index in [9.17, 15) is 9.59 Å². The van der Waals surface area contributed by atoms with Crippen molar-refractivity contribution in [3.63, 3.8) is 0 Å². The molecule has 0 bridgehead atoms. The maximum absolute atomic E-state index is 13.0. The summed E-state index contributed by atoms with van der Waals surface area (Å²) in [5.41, 5.74) is 2.86. The van der Waals surface area contributed by atoms with Crippen LogP contribution in [0.1, 0.15) is 30.2 Å². The van der Waals surface area contributed by atoms with Gasteiger partial charge in [-0.05, 0) is 32.0 Å². The van der Waals surface area contributed by atoms with E-state index < -0.39 is 18.5 Å². The maximum Gasteiger partial charge on any atom is 0.339 e. The SMILES string of the molecule is CC(C)n1ncc2c(C(=O)OCC(=O)Nc3ccc4c(c3)OCO4)cc(-c3ccccc3)nc21. The largest absolute Gasteiger partial charge is 0.454 e. The lowest BCUT2D eigenvalue weighted by Crippen LogP contribution is -2.21. The molecule has 0 fully saturated rings. The Kier molecular flexibility index (Phi) is 5.59. The van der Waals surface area contributed by atoms with E-state index in [1.165, 1.54) is 0 Å². The molecule has 2 aromatic heterocycles. The van der Waals surface area contributed by atoms with Gasteiger partial charge in [0.1, 0.15) is 0 Å². The highest BCUT2D eigenvalue weighted by Gasteiger charge is 2.21. The summed E-state index contributed by atoms with van der Waals surface area (Å²) in [6.45, 7) is 3.67. The smallest absolute Gasteiger partial charge is 0.339 e. The van der Waals surface area contributed by atoms with Crippen LogP contribution in [-0.4, -0.2) is 40.0 Å². The zero-order chi connectivity index (χ0) is 23.7. The molecule has 5 rings (SSSR count). The van der Waals surface area contributed by atoms with Gasteiger partial charge < -0.3 is 19.5 Å². The number of carbonyl (C=O) groups excluding carboxylic acids is 2. The molecule has 9 nitrogen and oxygen atoms in total. The third kappa shape index (κ3) is 4.15. The van der Waals surface area contributed by atoms with Gasteiger partial charge in [-0.2, -0.15) is 5.10 Å². The maximum atomic E-state index is 13.0. The quantitative estimate of drug-likeness (QED) is 0.432. The number of esters is 1. The van der Waals surface area contributed by atoms with Gasteiger partial charge in [0.2, 0.25) is 6.79 Å². The molecule has 0 unspecified atom stereocenters. The van der Waals surface area contributed by atoms with Gasteiger partial charge in [-0.3, -0.25) is 4.79 Å². The van der Waals surface area contributed by atoms with E-state index in [0.29, 0.717) is 39.5 Å². The van der Waals surface area contributed by atoms with Crippen molar-refractivity contribution in [3.05, 3.63) is 66.4 Å². The van der Waals surface area contributed by atoms with Crippen molar-refractivity contribution in [3.8, 4) is 22.8 Å². The number of benzene rings is 2. The molecular weight excluding hydrogens is 436 g/mol. The van der Waals surface area contributed by atoms with Crippen LogP contribution in [-0.2, 0) is 9.53 Å². The van der Waals surface area contributed by atoms with Crippen LogP contribution < -0.4 is 14.8 Å². The first-order chi connectivity index (χ1) is 16.5. The number of pyridine rings is 1. The summed E-state index contributed by atoms with van der Waals surface area (Å²) in [4.78, 5) is 30.2. The molecule has 0 saturated carbocycles. The molecule has 2 aromatic carbocycles. The van der Waals surface area contributed by atoms with Crippen LogP contribution in [0.2, 0.25) is 0 Å². The first-order valence-corrected chi connectivity index (χ1v) is 10.8. The lowest BCUT2D eigenvalue weighted by atomic mass is 10.1. The van der Waals surface area contributed by atoms with Crippen molar-refractivity contribution in [2.75, 3.05) is 18.7 Å². The summed E-state index contributed by atoms with van der Waals surface area (Å²) in [5.74, 6) is 0.0549. The van der Waals surface area contributed by atoms with Gasteiger partial charge in [0.05, 0.1) is 22.8 Å². The lowest BCUT2D eigenvalue weighted by Gasteiger charge is -2.11. The molecule has 0 radical (unpaired) electrons. The van der Waals surface area contributed by atoms with Crippen molar-refractivity contribution in [1.29, 1.82) is 0 Å². The average Bonchev–Trinajstić information content (AvgIpc) is 3.49. The number of nitrogens with one attached hydrogen (secondary N) is 1. The fourth-order valence-electron chi connectivity index (χ4n) is 3.70. The number of nitrogens with zero attached hydrogens (tertiary/aromatic N) is 3. The minimum absolute atomic E-state index is 0.0485. The fraction of sp³-hybridized carbons (Fsp3) is 0.200. The van der Waals surface area contributed by atoms with E-state index >= 15 is 0 Å². The first kappa shape index (κ1) is 21.4. The van der Waals surface area contributed by atoms with Gasteiger partial charge in [-0.15, -0.1) is 0 Å². The molecule has 0 saturated heterocycles. The van der Waals surface area contributed by atoms with E-state index in [2.05, 4.69) is 10.4 Å². The molecule has 1 aliphatic heterocycles. The van der Waals surface area contributed by atoms with Crippen molar-refractivity contribution in [2.45, 2.75) is 19.9 Å². The van der Waals surface area contributed by atoms with E-state index in [0.717, 1.165) is 5.56 Å². The topological polar surface area (TPSA) is 105 Å². The number of anilines is 1. The van der Waals surface area contributed by atoms with E-state index in [1.807, 2.05) is 44.2 Å². The number of amides is 1.